The Morgan fingerprint density at radius 2 is 1.80 bits per heavy atom. The van der Waals surface area contributed by atoms with Crippen LogP contribution in [0.4, 0.5) is 13.2 Å². The third-order valence-electron chi connectivity index (χ3n) is 5.04. The van der Waals surface area contributed by atoms with Crippen LogP contribution < -0.4 is 10.1 Å². The molecule has 1 aliphatic rings. The maximum Gasteiger partial charge on any atom is 0.416 e. The van der Waals surface area contributed by atoms with Crippen LogP contribution in [0.1, 0.15) is 24.0 Å². The van der Waals surface area contributed by atoms with Crippen LogP contribution >= 0.6 is 0 Å². The summed E-state index contributed by atoms with van der Waals surface area (Å²) in [7, 11) is 0. The van der Waals surface area contributed by atoms with E-state index >= 15 is 0 Å². The van der Waals surface area contributed by atoms with E-state index in [1.165, 1.54) is 12.1 Å². The lowest BCUT2D eigenvalue weighted by Crippen LogP contribution is -2.48. The van der Waals surface area contributed by atoms with Gasteiger partial charge < -0.3 is 14.8 Å². The first-order chi connectivity index (χ1) is 14.4. The molecule has 1 aliphatic heterocycles. The lowest BCUT2D eigenvalue weighted by atomic mass is 9.73. The van der Waals surface area contributed by atoms with Gasteiger partial charge in [0.1, 0.15) is 12.4 Å². The Kier molecular flexibility index (Phi) is 7.01. The van der Waals surface area contributed by atoms with Crippen LogP contribution in [0.15, 0.2) is 54.6 Å². The van der Waals surface area contributed by atoms with Gasteiger partial charge >= 0.3 is 6.18 Å². The smallest absolute Gasteiger partial charge is 0.416 e. The van der Waals surface area contributed by atoms with Crippen LogP contribution in [0.25, 0.3) is 0 Å². The van der Waals surface area contributed by atoms with Crippen molar-refractivity contribution in [3.05, 3.63) is 65.7 Å². The minimum Gasteiger partial charge on any atom is -0.481 e. The van der Waals surface area contributed by atoms with E-state index in [1.807, 2.05) is 30.3 Å². The number of alkyl halides is 3. The van der Waals surface area contributed by atoms with Crippen LogP contribution in [0.5, 0.6) is 5.75 Å². The van der Waals surface area contributed by atoms with Crippen molar-refractivity contribution in [3.63, 3.8) is 0 Å². The van der Waals surface area contributed by atoms with Crippen molar-refractivity contribution >= 4 is 5.91 Å². The van der Waals surface area contributed by atoms with Gasteiger partial charge in [-0.15, -0.1) is 0 Å². The molecule has 0 aromatic heterocycles. The summed E-state index contributed by atoms with van der Waals surface area (Å²) >= 11 is 0. The summed E-state index contributed by atoms with van der Waals surface area (Å²) in [5, 5.41) is 2.85. The molecule has 0 unspecified atom stereocenters. The molecule has 1 fully saturated rings. The standard InChI is InChI=1S/C23H22F3NO3/c24-23(25,26)19-9-6-10-20(17-19)30-14-5-4-13-27-21(28)22(11-15-29-16-12-22)18-7-2-1-3-8-18/h1-3,6-10,17H,11-16H2,(H,27,28). The summed E-state index contributed by atoms with van der Waals surface area (Å²) in [6.07, 6.45) is -3.24. The molecule has 0 radical (unpaired) electrons. The summed E-state index contributed by atoms with van der Waals surface area (Å²) in [5.41, 5.74) is -0.468. The molecule has 0 atom stereocenters. The highest BCUT2D eigenvalue weighted by molar-refractivity contribution is 5.88. The second-order valence-corrected chi connectivity index (χ2v) is 6.91. The Bertz CT molecular complexity index is 911. The van der Waals surface area contributed by atoms with Gasteiger partial charge in [0.15, 0.2) is 0 Å². The maximum absolute atomic E-state index is 12.9. The van der Waals surface area contributed by atoms with E-state index in [0.29, 0.717) is 26.1 Å². The van der Waals surface area contributed by atoms with Gasteiger partial charge in [0.2, 0.25) is 5.91 Å². The second kappa shape index (κ2) is 9.68. The lowest BCUT2D eigenvalue weighted by molar-refractivity contribution is -0.137. The van der Waals surface area contributed by atoms with Crippen LogP contribution in [0.2, 0.25) is 0 Å². The molecule has 2 aromatic carbocycles. The van der Waals surface area contributed by atoms with Gasteiger partial charge in [-0.2, -0.15) is 13.2 Å². The van der Waals surface area contributed by atoms with E-state index in [9.17, 15) is 18.0 Å². The minimum absolute atomic E-state index is 0.0746. The van der Waals surface area contributed by atoms with E-state index in [0.717, 1.165) is 17.7 Å². The third kappa shape index (κ3) is 5.33. The molecule has 0 spiro atoms. The van der Waals surface area contributed by atoms with Crippen molar-refractivity contribution in [2.75, 3.05) is 26.4 Å². The summed E-state index contributed by atoms with van der Waals surface area (Å²) in [6, 6.07) is 14.2. The molecule has 1 amide bonds. The molecule has 1 heterocycles. The first kappa shape index (κ1) is 21.7. The zero-order chi connectivity index (χ0) is 21.5. The molecule has 7 heteroatoms. The molecule has 0 aliphatic carbocycles. The van der Waals surface area contributed by atoms with Gasteiger partial charge in [0.05, 0.1) is 17.5 Å². The highest BCUT2D eigenvalue weighted by Crippen LogP contribution is 2.35. The number of hydrogen-bond donors (Lipinski definition) is 1. The average molecular weight is 417 g/mol. The van der Waals surface area contributed by atoms with Gasteiger partial charge in [-0.3, -0.25) is 4.79 Å². The molecular formula is C23H22F3NO3. The van der Waals surface area contributed by atoms with E-state index < -0.39 is 17.2 Å². The van der Waals surface area contributed by atoms with Gasteiger partial charge in [-0.25, -0.2) is 0 Å². The van der Waals surface area contributed by atoms with Crippen molar-refractivity contribution in [1.29, 1.82) is 0 Å². The minimum atomic E-state index is -4.42. The predicted octanol–water partition coefficient (Wildman–Crippen LogP) is 3.95. The number of hydrogen-bond acceptors (Lipinski definition) is 3. The first-order valence-electron chi connectivity index (χ1n) is 9.59. The fourth-order valence-corrected chi connectivity index (χ4v) is 3.41. The largest absolute Gasteiger partial charge is 0.481 e. The molecule has 30 heavy (non-hydrogen) atoms. The Morgan fingerprint density at radius 1 is 1.07 bits per heavy atom. The molecule has 4 nitrogen and oxygen atoms in total. The van der Waals surface area contributed by atoms with Crippen LogP contribution in [-0.4, -0.2) is 32.3 Å². The maximum atomic E-state index is 12.9. The van der Waals surface area contributed by atoms with Crippen molar-refractivity contribution < 1.29 is 27.4 Å². The normalized spacial score (nSPS) is 15.6. The van der Waals surface area contributed by atoms with E-state index in [2.05, 4.69) is 17.2 Å². The summed E-state index contributed by atoms with van der Waals surface area (Å²) in [6.45, 7) is 1.08. The number of amides is 1. The number of rotatable bonds is 5. The number of carbonyl (C=O) groups excluding carboxylic acids is 1. The number of benzene rings is 2. The Labute approximate surface area is 173 Å². The zero-order valence-corrected chi connectivity index (χ0v) is 16.3. The van der Waals surface area contributed by atoms with Crippen LogP contribution in [0.3, 0.4) is 0 Å². The molecule has 0 bridgehead atoms. The number of carbonyl (C=O) groups is 1. The molecule has 1 saturated heterocycles. The molecular weight excluding hydrogens is 395 g/mol. The summed E-state index contributed by atoms with van der Waals surface area (Å²) in [4.78, 5) is 12.9. The number of halogens is 3. The van der Waals surface area contributed by atoms with Crippen molar-refractivity contribution in [1.82, 2.24) is 5.32 Å². The Morgan fingerprint density at radius 3 is 2.50 bits per heavy atom. The fraction of sp³-hybridized carbons (Fsp3) is 0.348. The van der Waals surface area contributed by atoms with Crippen molar-refractivity contribution in [2.45, 2.75) is 24.4 Å². The van der Waals surface area contributed by atoms with Crippen molar-refractivity contribution in [3.8, 4) is 17.6 Å². The summed E-state index contributed by atoms with van der Waals surface area (Å²) < 4.78 is 48.8. The molecule has 158 valence electrons. The van der Waals surface area contributed by atoms with Gasteiger partial charge in [-0.1, -0.05) is 48.2 Å². The lowest BCUT2D eigenvalue weighted by Gasteiger charge is -2.36. The van der Waals surface area contributed by atoms with Crippen LogP contribution in [0, 0.1) is 11.8 Å². The number of nitrogens with one attached hydrogen (secondary N) is 1. The Hall–Kier alpha value is -2.98. The molecule has 0 saturated carbocycles. The molecule has 1 N–H and O–H groups in total. The fourth-order valence-electron chi connectivity index (χ4n) is 3.41. The highest BCUT2D eigenvalue weighted by Gasteiger charge is 2.41. The SMILES string of the molecule is O=C(NCC#CCOc1cccc(C(F)(F)F)c1)C1(c2ccccc2)CCOCC1. The predicted molar refractivity (Wildman–Crippen MR) is 106 cm³/mol. The van der Waals surface area contributed by atoms with Crippen LogP contribution in [-0.2, 0) is 21.1 Å². The number of ether oxygens (including phenoxy) is 2. The van der Waals surface area contributed by atoms with E-state index in [4.69, 9.17) is 9.47 Å². The quantitative estimate of drug-likeness (QED) is 0.750. The van der Waals surface area contributed by atoms with Crippen molar-refractivity contribution in [2.24, 2.45) is 0 Å². The zero-order valence-electron chi connectivity index (χ0n) is 16.3. The van der Waals surface area contributed by atoms with Gasteiger partial charge in [0.25, 0.3) is 0 Å². The van der Waals surface area contributed by atoms with E-state index in [-0.39, 0.29) is 24.8 Å². The Balaban J connectivity index is 1.54. The highest BCUT2D eigenvalue weighted by atomic mass is 19.4. The second-order valence-electron chi connectivity index (χ2n) is 6.91. The topological polar surface area (TPSA) is 47.6 Å². The molecule has 3 rings (SSSR count). The van der Waals surface area contributed by atoms with Gasteiger partial charge in [0, 0.05) is 13.2 Å². The molecule has 2 aromatic rings. The van der Waals surface area contributed by atoms with E-state index in [1.54, 1.807) is 0 Å². The third-order valence-corrected chi connectivity index (χ3v) is 5.04. The monoisotopic (exact) mass is 417 g/mol. The summed E-state index contributed by atoms with van der Waals surface area (Å²) in [5.74, 6) is 5.47. The average Bonchev–Trinajstić information content (AvgIpc) is 2.76. The first-order valence-corrected chi connectivity index (χ1v) is 9.59. The van der Waals surface area contributed by atoms with Gasteiger partial charge in [-0.05, 0) is 36.6 Å².